The maximum absolute atomic E-state index is 13.7. The van der Waals surface area contributed by atoms with E-state index in [4.69, 9.17) is 5.26 Å². The molecular weight excluding hydrogens is 268 g/mol. The van der Waals surface area contributed by atoms with Gasteiger partial charge in [-0.3, -0.25) is 10.1 Å². The number of anilines is 1. The normalized spacial score (nSPS) is 10.9. The van der Waals surface area contributed by atoms with Gasteiger partial charge in [-0.1, -0.05) is 13.8 Å². The number of nitriles is 1. The summed E-state index contributed by atoms with van der Waals surface area (Å²) in [6.07, 6.45) is 0.865. The van der Waals surface area contributed by atoms with Crippen LogP contribution in [0, 0.1) is 38.5 Å². The second-order valence-corrected chi connectivity index (χ2v) is 5.19. The van der Waals surface area contributed by atoms with E-state index in [9.17, 15) is 18.9 Å². The maximum atomic E-state index is 13.7. The van der Waals surface area contributed by atoms with E-state index in [2.05, 4.69) is 5.32 Å². The van der Waals surface area contributed by atoms with Gasteiger partial charge >= 0.3 is 0 Å². The Morgan fingerprint density at radius 1 is 1.45 bits per heavy atom. The number of halogens is 2. The lowest BCUT2D eigenvalue weighted by molar-refractivity contribution is -0.384. The first-order valence-electron chi connectivity index (χ1n) is 6.02. The lowest BCUT2D eigenvalue weighted by atomic mass is 9.88. The second kappa shape index (κ2) is 6.28. The Bertz CT molecular complexity index is 553. The third-order valence-corrected chi connectivity index (χ3v) is 2.93. The molecule has 0 aliphatic carbocycles. The van der Waals surface area contributed by atoms with E-state index in [0.29, 0.717) is 12.8 Å². The average Bonchev–Trinajstić information content (AvgIpc) is 2.37. The van der Waals surface area contributed by atoms with Gasteiger partial charge in [0.1, 0.15) is 0 Å². The summed E-state index contributed by atoms with van der Waals surface area (Å²) < 4.78 is 26.8. The highest BCUT2D eigenvalue weighted by molar-refractivity contribution is 5.62. The van der Waals surface area contributed by atoms with Crippen LogP contribution in [0.2, 0.25) is 0 Å². The standard InChI is InChI=1S/C13H15F2N3O2/c1-13(2,6-3-7-16)8-17-12-10(18(19)20)5-4-9(14)11(12)15/h4-5,17H,3,6,8H2,1-2H3. The van der Waals surface area contributed by atoms with Crippen LogP contribution in [0.1, 0.15) is 26.7 Å². The highest BCUT2D eigenvalue weighted by atomic mass is 19.2. The monoisotopic (exact) mass is 283 g/mol. The third kappa shape index (κ3) is 3.88. The maximum Gasteiger partial charge on any atom is 0.295 e. The van der Waals surface area contributed by atoms with Crippen LogP contribution in [0.15, 0.2) is 12.1 Å². The zero-order chi connectivity index (χ0) is 15.3. The van der Waals surface area contributed by atoms with Gasteiger partial charge in [0.25, 0.3) is 5.69 Å². The van der Waals surface area contributed by atoms with Gasteiger partial charge in [0, 0.05) is 19.0 Å². The molecule has 1 aromatic carbocycles. The number of nitrogens with one attached hydrogen (secondary N) is 1. The van der Waals surface area contributed by atoms with Crippen molar-refractivity contribution in [1.29, 1.82) is 5.26 Å². The number of nitro benzene ring substituents is 1. The molecule has 5 nitrogen and oxygen atoms in total. The van der Waals surface area contributed by atoms with Crippen molar-refractivity contribution in [3.8, 4) is 6.07 Å². The van der Waals surface area contributed by atoms with Crippen LogP contribution >= 0.6 is 0 Å². The molecule has 0 heterocycles. The number of hydrogen-bond acceptors (Lipinski definition) is 4. The molecule has 0 unspecified atom stereocenters. The van der Waals surface area contributed by atoms with Crippen molar-refractivity contribution in [2.24, 2.45) is 5.41 Å². The molecule has 20 heavy (non-hydrogen) atoms. The van der Waals surface area contributed by atoms with E-state index in [-0.39, 0.29) is 12.0 Å². The highest BCUT2D eigenvalue weighted by Crippen LogP contribution is 2.31. The van der Waals surface area contributed by atoms with Gasteiger partial charge in [0.05, 0.1) is 11.0 Å². The molecule has 1 aromatic rings. The zero-order valence-corrected chi connectivity index (χ0v) is 11.2. The van der Waals surface area contributed by atoms with Gasteiger partial charge in [-0.2, -0.15) is 5.26 Å². The van der Waals surface area contributed by atoms with Crippen molar-refractivity contribution in [3.05, 3.63) is 33.9 Å². The van der Waals surface area contributed by atoms with Gasteiger partial charge in [0.2, 0.25) is 0 Å². The van der Waals surface area contributed by atoms with Crippen LogP contribution in [-0.4, -0.2) is 11.5 Å². The molecule has 0 amide bonds. The van der Waals surface area contributed by atoms with E-state index in [1.165, 1.54) is 0 Å². The van der Waals surface area contributed by atoms with E-state index in [1.54, 1.807) is 0 Å². The van der Waals surface area contributed by atoms with E-state index in [1.807, 2.05) is 19.9 Å². The zero-order valence-electron chi connectivity index (χ0n) is 11.2. The van der Waals surface area contributed by atoms with Gasteiger partial charge in [-0.05, 0) is 17.9 Å². The molecule has 0 fully saturated rings. The Morgan fingerprint density at radius 3 is 2.65 bits per heavy atom. The quantitative estimate of drug-likeness (QED) is 0.638. The topological polar surface area (TPSA) is 79.0 Å². The van der Waals surface area contributed by atoms with E-state index < -0.39 is 27.9 Å². The molecule has 0 atom stereocenters. The predicted octanol–water partition coefficient (Wildman–Crippen LogP) is 3.61. The lowest BCUT2D eigenvalue weighted by Gasteiger charge is -2.24. The van der Waals surface area contributed by atoms with Gasteiger partial charge < -0.3 is 5.32 Å². The smallest absolute Gasteiger partial charge is 0.295 e. The summed E-state index contributed by atoms with van der Waals surface area (Å²) in [6, 6.07) is 3.64. The first-order chi connectivity index (χ1) is 9.28. The fourth-order valence-electron chi connectivity index (χ4n) is 1.67. The SMILES string of the molecule is CC(C)(CCC#N)CNc1c([N+](=O)[O-])ccc(F)c1F. The molecular formula is C13H15F2N3O2. The Hall–Kier alpha value is -2.23. The summed E-state index contributed by atoms with van der Waals surface area (Å²) in [5.74, 6) is -2.41. The summed E-state index contributed by atoms with van der Waals surface area (Å²) in [4.78, 5) is 10.0. The molecule has 1 rings (SSSR count). The number of nitrogens with zero attached hydrogens (tertiary/aromatic N) is 2. The summed E-state index contributed by atoms with van der Waals surface area (Å²) in [5, 5.41) is 21.9. The van der Waals surface area contributed by atoms with Crippen molar-refractivity contribution in [2.45, 2.75) is 26.7 Å². The minimum atomic E-state index is -1.27. The summed E-state index contributed by atoms with van der Waals surface area (Å²) in [7, 11) is 0. The van der Waals surface area contributed by atoms with Crippen molar-refractivity contribution in [3.63, 3.8) is 0 Å². The average molecular weight is 283 g/mol. The Labute approximate surface area is 115 Å². The molecule has 0 saturated carbocycles. The summed E-state index contributed by atoms with van der Waals surface area (Å²) >= 11 is 0. The minimum absolute atomic E-state index is 0.190. The molecule has 0 radical (unpaired) electrons. The molecule has 0 saturated heterocycles. The Balaban J connectivity index is 2.95. The molecule has 0 spiro atoms. The molecule has 0 aromatic heterocycles. The van der Waals surface area contributed by atoms with Crippen LogP contribution in [-0.2, 0) is 0 Å². The van der Waals surface area contributed by atoms with Gasteiger partial charge in [0.15, 0.2) is 17.3 Å². The summed E-state index contributed by atoms with van der Waals surface area (Å²) in [5.41, 5.74) is -1.34. The van der Waals surface area contributed by atoms with Gasteiger partial charge in [-0.15, -0.1) is 0 Å². The molecule has 0 aliphatic rings. The largest absolute Gasteiger partial charge is 0.376 e. The Morgan fingerprint density at radius 2 is 2.10 bits per heavy atom. The van der Waals surface area contributed by atoms with Crippen LogP contribution in [0.5, 0.6) is 0 Å². The number of hydrogen-bond donors (Lipinski definition) is 1. The first kappa shape index (κ1) is 15.8. The van der Waals surface area contributed by atoms with Crippen LogP contribution in [0.3, 0.4) is 0 Å². The molecule has 0 aliphatic heterocycles. The van der Waals surface area contributed by atoms with Gasteiger partial charge in [-0.25, -0.2) is 8.78 Å². The van der Waals surface area contributed by atoms with Crippen molar-refractivity contribution < 1.29 is 13.7 Å². The Kier molecular flexibility index (Phi) is 4.97. The summed E-state index contributed by atoms with van der Waals surface area (Å²) in [6.45, 7) is 3.86. The highest BCUT2D eigenvalue weighted by Gasteiger charge is 2.24. The van der Waals surface area contributed by atoms with Crippen molar-refractivity contribution in [1.82, 2.24) is 0 Å². The molecule has 1 N–H and O–H groups in total. The van der Waals surface area contributed by atoms with Crippen molar-refractivity contribution >= 4 is 11.4 Å². The first-order valence-corrected chi connectivity index (χ1v) is 6.02. The molecule has 0 bridgehead atoms. The van der Waals surface area contributed by atoms with E-state index in [0.717, 1.165) is 12.1 Å². The number of benzene rings is 1. The van der Waals surface area contributed by atoms with Crippen LogP contribution in [0.25, 0.3) is 0 Å². The second-order valence-electron chi connectivity index (χ2n) is 5.19. The third-order valence-electron chi connectivity index (χ3n) is 2.93. The molecule has 7 heteroatoms. The van der Waals surface area contributed by atoms with Crippen molar-refractivity contribution in [2.75, 3.05) is 11.9 Å². The fourth-order valence-corrected chi connectivity index (χ4v) is 1.67. The molecule has 108 valence electrons. The number of rotatable bonds is 6. The lowest BCUT2D eigenvalue weighted by Crippen LogP contribution is -2.24. The predicted molar refractivity (Wildman–Crippen MR) is 70.1 cm³/mol. The fraction of sp³-hybridized carbons (Fsp3) is 0.462. The minimum Gasteiger partial charge on any atom is -0.376 e. The van der Waals surface area contributed by atoms with Crippen LogP contribution in [0.4, 0.5) is 20.2 Å². The number of nitro groups is 1. The van der Waals surface area contributed by atoms with E-state index >= 15 is 0 Å². The van der Waals surface area contributed by atoms with Crippen LogP contribution < -0.4 is 5.32 Å².